The Kier molecular flexibility index (Phi) is 6.02. The van der Waals surface area contributed by atoms with Crippen molar-refractivity contribution < 1.29 is 9.90 Å². The van der Waals surface area contributed by atoms with E-state index in [0.717, 1.165) is 32.4 Å². The molecule has 4 rings (SSSR count). The fraction of sp³-hybridized carbons (Fsp3) is 0.619. The van der Waals surface area contributed by atoms with E-state index < -0.39 is 5.97 Å². The molecule has 2 heterocycles. The van der Waals surface area contributed by atoms with E-state index in [4.69, 9.17) is 10.1 Å². The fourth-order valence-electron chi connectivity index (χ4n) is 4.75. The second-order valence-electron chi connectivity index (χ2n) is 7.74. The number of amidine groups is 1. The van der Waals surface area contributed by atoms with Gasteiger partial charge in [0, 0.05) is 24.6 Å². The molecule has 0 radical (unpaired) electrons. The number of carboxylic acids is 1. The smallest absolute Gasteiger partial charge is 0.303 e. The van der Waals surface area contributed by atoms with Crippen molar-refractivity contribution in [3.8, 4) is 0 Å². The number of aliphatic imine (C=N–C) groups is 1. The van der Waals surface area contributed by atoms with Crippen LogP contribution in [0.15, 0.2) is 29.3 Å². The standard InChI is InChI=1S/C21H28N2O2S2/c24-19(25)10-3-4-11-21(12-15-26-27-21)23-14-13-22-20(23)18-9-5-7-16-6-1-2-8-17(16)18/h1-2,6,8,18H,3-5,7,9-15H2,(H,24,25)/t18?,21-/m1/s1. The van der Waals surface area contributed by atoms with Gasteiger partial charge in [-0.15, -0.1) is 0 Å². The Morgan fingerprint density at radius 1 is 1.33 bits per heavy atom. The second-order valence-corrected chi connectivity index (χ2v) is 10.5. The van der Waals surface area contributed by atoms with Crippen LogP contribution < -0.4 is 0 Å². The number of hydrogen-bond donors (Lipinski definition) is 1. The van der Waals surface area contributed by atoms with Gasteiger partial charge in [0.2, 0.25) is 0 Å². The van der Waals surface area contributed by atoms with Gasteiger partial charge in [0.1, 0.15) is 5.84 Å². The van der Waals surface area contributed by atoms with Crippen molar-refractivity contribution in [2.24, 2.45) is 4.99 Å². The Morgan fingerprint density at radius 2 is 2.22 bits per heavy atom. The molecule has 0 spiro atoms. The Morgan fingerprint density at radius 3 is 3.04 bits per heavy atom. The first kappa shape index (κ1) is 19.2. The van der Waals surface area contributed by atoms with E-state index >= 15 is 0 Å². The number of fused-ring (bicyclic) bond motifs is 1. The van der Waals surface area contributed by atoms with Crippen LogP contribution in [0.3, 0.4) is 0 Å². The quantitative estimate of drug-likeness (QED) is 0.515. The molecule has 3 aliphatic rings. The molecule has 2 aliphatic heterocycles. The molecule has 1 aliphatic carbocycles. The largest absolute Gasteiger partial charge is 0.481 e. The minimum Gasteiger partial charge on any atom is -0.481 e. The summed E-state index contributed by atoms with van der Waals surface area (Å²) in [6, 6.07) is 8.90. The number of benzene rings is 1. The molecule has 1 aromatic rings. The summed E-state index contributed by atoms with van der Waals surface area (Å²) in [4.78, 5) is 18.6. The highest BCUT2D eigenvalue weighted by Gasteiger charge is 2.45. The highest BCUT2D eigenvalue weighted by molar-refractivity contribution is 8.77. The van der Waals surface area contributed by atoms with Gasteiger partial charge in [0.25, 0.3) is 0 Å². The molecule has 27 heavy (non-hydrogen) atoms. The summed E-state index contributed by atoms with van der Waals surface area (Å²) < 4.78 is 0. The summed E-state index contributed by atoms with van der Waals surface area (Å²) in [5.41, 5.74) is 2.97. The molecule has 146 valence electrons. The number of nitrogens with zero attached hydrogens (tertiary/aromatic N) is 2. The number of carboxylic acid groups (broad SMARTS) is 1. The average Bonchev–Trinajstić information content (AvgIpc) is 3.35. The maximum absolute atomic E-state index is 10.9. The van der Waals surface area contributed by atoms with Crippen molar-refractivity contribution in [3.05, 3.63) is 35.4 Å². The van der Waals surface area contributed by atoms with E-state index in [1.54, 1.807) is 0 Å². The molecular weight excluding hydrogens is 376 g/mol. The van der Waals surface area contributed by atoms with Crippen LogP contribution in [0.5, 0.6) is 0 Å². The van der Waals surface area contributed by atoms with Gasteiger partial charge in [-0.1, -0.05) is 45.9 Å². The van der Waals surface area contributed by atoms with Crippen LogP contribution in [-0.2, 0) is 11.2 Å². The molecular formula is C21H28N2O2S2. The van der Waals surface area contributed by atoms with Gasteiger partial charge in [0.15, 0.2) is 0 Å². The van der Waals surface area contributed by atoms with E-state index in [9.17, 15) is 4.79 Å². The normalized spacial score (nSPS) is 27.5. The minimum atomic E-state index is -0.681. The molecule has 1 unspecified atom stereocenters. The molecule has 2 atom stereocenters. The molecule has 0 bridgehead atoms. The van der Waals surface area contributed by atoms with Gasteiger partial charge in [-0.05, 0) is 56.1 Å². The Labute approximate surface area is 169 Å². The maximum Gasteiger partial charge on any atom is 0.303 e. The highest BCUT2D eigenvalue weighted by atomic mass is 33.1. The zero-order valence-corrected chi connectivity index (χ0v) is 17.4. The third-order valence-electron chi connectivity index (χ3n) is 6.05. The van der Waals surface area contributed by atoms with Crippen LogP contribution in [0.1, 0.15) is 62.0 Å². The fourth-order valence-corrected chi connectivity index (χ4v) is 8.22. The third kappa shape index (κ3) is 4.02. The lowest BCUT2D eigenvalue weighted by atomic mass is 9.81. The molecule has 6 heteroatoms. The molecule has 0 aromatic heterocycles. The van der Waals surface area contributed by atoms with Crippen LogP contribution in [-0.4, -0.2) is 45.5 Å². The molecule has 0 amide bonds. The Balaban J connectivity index is 1.53. The molecule has 1 aromatic carbocycles. The van der Waals surface area contributed by atoms with Crippen molar-refractivity contribution in [3.63, 3.8) is 0 Å². The van der Waals surface area contributed by atoms with E-state index in [1.807, 2.05) is 21.6 Å². The molecule has 1 fully saturated rings. The molecule has 0 saturated carbocycles. The van der Waals surface area contributed by atoms with Crippen LogP contribution >= 0.6 is 21.6 Å². The van der Waals surface area contributed by atoms with Gasteiger partial charge < -0.3 is 10.0 Å². The first-order chi connectivity index (χ1) is 13.2. The number of unbranched alkanes of at least 4 members (excludes halogenated alkanes) is 1. The lowest BCUT2D eigenvalue weighted by Gasteiger charge is -2.42. The van der Waals surface area contributed by atoms with Gasteiger partial charge in [-0.2, -0.15) is 0 Å². The lowest BCUT2D eigenvalue weighted by molar-refractivity contribution is -0.137. The van der Waals surface area contributed by atoms with Crippen LogP contribution in [0, 0.1) is 0 Å². The van der Waals surface area contributed by atoms with E-state index in [-0.39, 0.29) is 11.3 Å². The second kappa shape index (κ2) is 8.48. The Hall–Kier alpha value is -1.14. The van der Waals surface area contributed by atoms with Gasteiger partial charge in [-0.3, -0.25) is 9.79 Å². The number of aliphatic carboxylic acids is 1. The van der Waals surface area contributed by atoms with E-state index in [0.29, 0.717) is 5.92 Å². The SMILES string of the molecule is O=C(O)CCCC[C@]1(N2CCN=C2C2CCCc3ccccc32)CCSS1. The number of hydrogen-bond acceptors (Lipinski definition) is 5. The maximum atomic E-state index is 10.9. The zero-order chi connectivity index (χ0) is 18.7. The predicted molar refractivity (Wildman–Crippen MR) is 115 cm³/mol. The summed E-state index contributed by atoms with van der Waals surface area (Å²) in [7, 11) is 3.98. The van der Waals surface area contributed by atoms with Crippen LogP contribution in [0.4, 0.5) is 0 Å². The summed E-state index contributed by atoms with van der Waals surface area (Å²) in [5.74, 6) is 2.23. The third-order valence-corrected chi connectivity index (χ3v) is 9.26. The number of carbonyl (C=O) groups is 1. The summed E-state index contributed by atoms with van der Waals surface area (Å²) >= 11 is 0. The van der Waals surface area contributed by atoms with Crippen molar-refractivity contribution in [2.75, 3.05) is 18.8 Å². The first-order valence-corrected chi connectivity index (χ1v) is 12.4. The van der Waals surface area contributed by atoms with Crippen molar-refractivity contribution in [2.45, 2.75) is 62.2 Å². The van der Waals surface area contributed by atoms with Crippen molar-refractivity contribution in [1.29, 1.82) is 0 Å². The topological polar surface area (TPSA) is 52.9 Å². The summed E-state index contributed by atoms with van der Waals surface area (Å²) in [6.07, 6.45) is 7.88. The zero-order valence-electron chi connectivity index (χ0n) is 15.7. The lowest BCUT2D eigenvalue weighted by Crippen LogP contribution is -2.48. The summed E-state index contributed by atoms with van der Waals surface area (Å²) in [5, 5.41) is 8.95. The molecule has 1 N–H and O–H groups in total. The Bertz CT molecular complexity index is 716. The predicted octanol–water partition coefficient (Wildman–Crippen LogP) is 4.95. The number of aryl methyl sites for hydroxylation is 1. The van der Waals surface area contributed by atoms with E-state index in [1.165, 1.54) is 48.4 Å². The van der Waals surface area contributed by atoms with Gasteiger partial charge in [-0.25, -0.2) is 0 Å². The number of rotatable bonds is 7. The molecule has 4 nitrogen and oxygen atoms in total. The minimum absolute atomic E-state index is 0.102. The summed E-state index contributed by atoms with van der Waals surface area (Å²) in [6.45, 7) is 1.91. The van der Waals surface area contributed by atoms with E-state index in [2.05, 4.69) is 29.2 Å². The average molecular weight is 405 g/mol. The van der Waals surface area contributed by atoms with Crippen molar-refractivity contribution >= 4 is 33.4 Å². The van der Waals surface area contributed by atoms with Crippen molar-refractivity contribution in [1.82, 2.24) is 4.90 Å². The van der Waals surface area contributed by atoms with Crippen LogP contribution in [0.25, 0.3) is 0 Å². The molecule has 1 saturated heterocycles. The van der Waals surface area contributed by atoms with Gasteiger partial charge in [0.05, 0.1) is 11.4 Å². The van der Waals surface area contributed by atoms with Gasteiger partial charge >= 0.3 is 5.97 Å². The van der Waals surface area contributed by atoms with Crippen LogP contribution in [0.2, 0.25) is 0 Å². The highest BCUT2D eigenvalue weighted by Crippen LogP contribution is 2.53. The first-order valence-electron chi connectivity index (χ1n) is 10.1. The monoisotopic (exact) mass is 404 g/mol.